The lowest BCUT2D eigenvalue weighted by Crippen LogP contribution is -2.30. The topological polar surface area (TPSA) is 78.9 Å². The maximum absolute atomic E-state index is 12.9. The van der Waals surface area contributed by atoms with Crippen molar-refractivity contribution >= 4 is 17.9 Å². The van der Waals surface area contributed by atoms with Crippen molar-refractivity contribution in [2.45, 2.75) is 406 Å². The standard InChI is InChI=1S/C76H140O6/c1-4-7-10-13-16-19-22-25-27-29-30-31-32-33-34-35-36-37-38-39-40-41-42-43-44-45-47-48-51-54-57-60-63-66-69-75(78)81-72-73(71-80-74(77)68-65-62-59-56-53-50-24-21-18-15-12-9-6-3)82-76(79)70-67-64-61-58-55-52-49-46-28-26-23-20-17-14-11-8-5-2/h8,11,17,20-21,24,26,28,73H,4-7,9-10,12-16,18-19,22-23,25,27,29-72H2,1-3H3/b11-8-,20-17-,24-21-,28-26-. The lowest BCUT2D eigenvalue weighted by atomic mass is 10.0. The van der Waals surface area contributed by atoms with Crippen LogP contribution in [0.2, 0.25) is 0 Å². The van der Waals surface area contributed by atoms with E-state index in [0.29, 0.717) is 19.3 Å². The molecule has 1 unspecified atom stereocenters. The van der Waals surface area contributed by atoms with Crippen LogP contribution < -0.4 is 0 Å². The highest BCUT2D eigenvalue weighted by molar-refractivity contribution is 5.71. The predicted molar refractivity (Wildman–Crippen MR) is 358 cm³/mol. The lowest BCUT2D eigenvalue weighted by molar-refractivity contribution is -0.167. The summed E-state index contributed by atoms with van der Waals surface area (Å²) in [5.74, 6) is -0.872. The number of unbranched alkanes of at least 4 members (excludes halogenated alkanes) is 49. The maximum Gasteiger partial charge on any atom is 0.306 e. The van der Waals surface area contributed by atoms with E-state index >= 15 is 0 Å². The van der Waals surface area contributed by atoms with Gasteiger partial charge >= 0.3 is 17.9 Å². The van der Waals surface area contributed by atoms with Crippen LogP contribution in [-0.4, -0.2) is 37.2 Å². The molecule has 0 aromatic rings. The molecule has 6 heteroatoms. The first kappa shape index (κ1) is 79.4. The van der Waals surface area contributed by atoms with Crippen LogP contribution in [0.3, 0.4) is 0 Å². The zero-order valence-corrected chi connectivity index (χ0v) is 55.3. The summed E-state index contributed by atoms with van der Waals surface area (Å²) in [5.41, 5.74) is 0. The van der Waals surface area contributed by atoms with Crippen molar-refractivity contribution in [1.82, 2.24) is 0 Å². The largest absolute Gasteiger partial charge is 0.462 e. The quantitative estimate of drug-likeness (QED) is 0.0261. The van der Waals surface area contributed by atoms with E-state index < -0.39 is 6.10 Å². The second-order valence-electron chi connectivity index (χ2n) is 24.8. The number of hydrogen-bond donors (Lipinski definition) is 0. The molecule has 0 aliphatic rings. The summed E-state index contributed by atoms with van der Waals surface area (Å²) in [5, 5.41) is 0. The highest BCUT2D eigenvalue weighted by atomic mass is 16.6. The Hall–Kier alpha value is -2.63. The molecule has 0 heterocycles. The molecule has 1 atom stereocenters. The average Bonchev–Trinajstić information content (AvgIpc) is 3.47. The van der Waals surface area contributed by atoms with Crippen molar-refractivity contribution in [2.75, 3.05) is 13.2 Å². The third-order valence-corrected chi connectivity index (χ3v) is 16.6. The monoisotopic (exact) mass is 1150 g/mol. The molecule has 82 heavy (non-hydrogen) atoms. The van der Waals surface area contributed by atoms with Gasteiger partial charge in [0.25, 0.3) is 0 Å². The molecule has 0 amide bonds. The van der Waals surface area contributed by atoms with E-state index in [1.54, 1.807) is 0 Å². The number of carbonyl (C=O) groups is 3. The fraction of sp³-hybridized carbons (Fsp3) is 0.855. The highest BCUT2D eigenvalue weighted by Gasteiger charge is 2.19. The average molecular weight is 1150 g/mol. The zero-order valence-electron chi connectivity index (χ0n) is 55.3. The molecule has 0 fully saturated rings. The van der Waals surface area contributed by atoms with Crippen LogP contribution in [0.4, 0.5) is 0 Å². The number of ether oxygens (including phenoxy) is 3. The summed E-state index contributed by atoms with van der Waals surface area (Å²) < 4.78 is 17.0. The number of esters is 3. The van der Waals surface area contributed by atoms with Crippen LogP contribution in [-0.2, 0) is 28.6 Å². The maximum atomic E-state index is 12.9. The van der Waals surface area contributed by atoms with Crippen molar-refractivity contribution in [2.24, 2.45) is 0 Å². The summed E-state index contributed by atoms with van der Waals surface area (Å²) in [7, 11) is 0. The lowest BCUT2D eigenvalue weighted by Gasteiger charge is -2.18. The molecule has 0 saturated heterocycles. The molecule has 0 aromatic heterocycles. The normalized spacial score (nSPS) is 12.3. The second-order valence-corrected chi connectivity index (χ2v) is 24.8. The Balaban J connectivity index is 4.08. The van der Waals surface area contributed by atoms with Crippen LogP contribution in [0.1, 0.15) is 400 Å². The first-order chi connectivity index (χ1) is 40.5. The van der Waals surface area contributed by atoms with Crippen molar-refractivity contribution in [3.8, 4) is 0 Å². The van der Waals surface area contributed by atoms with Gasteiger partial charge in [0.1, 0.15) is 13.2 Å². The summed E-state index contributed by atoms with van der Waals surface area (Å²) in [6.45, 7) is 6.56. The highest BCUT2D eigenvalue weighted by Crippen LogP contribution is 2.19. The summed E-state index contributed by atoms with van der Waals surface area (Å²) >= 11 is 0. The molecule has 0 aromatic carbocycles. The molecule has 0 aliphatic carbocycles. The molecule has 0 spiro atoms. The van der Waals surface area contributed by atoms with Gasteiger partial charge in [0.2, 0.25) is 0 Å². The molecule has 6 nitrogen and oxygen atoms in total. The van der Waals surface area contributed by atoms with Gasteiger partial charge in [0, 0.05) is 19.3 Å². The summed E-state index contributed by atoms with van der Waals surface area (Å²) in [6, 6.07) is 0. The van der Waals surface area contributed by atoms with E-state index in [0.717, 1.165) is 89.9 Å². The zero-order chi connectivity index (χ0) is 59.2. The fourth-order valence-electron chi connectivity index (χ4n) is 11.1. The van der Waals surface area contributed by atoms with Crippen molar-refractivity contribution in [3.63, 3.8) is 0 Å². The minimum absolute atomic E-state index is 0.0761. The van der Waals surface area contributed by atoms with Gasteiger partial charge in [-0.2, -0.15) is 0 Å². The third-order valence-electron chi connectivity index (χ3n) is 16.6. The smallest absolute Gasteiger partial charge is 0.306 e. The Morgan fingerprint density at radius 1 is 0.256 bits per heavy atom. The van der Waals surface area contributed by atoms with E-state index in [-0.39, 0.29) is 31.1 Å². The fourth-order valence-corrected chi connectivity index (χ4v) is 11.1. The van der Waals surface area contributed by atoms with Crippen molar-refractivity contribution in [3.05, 3.63) is 48.6 Å². The second kappa shape index (κ2) is 70.9. The Kier molecular flexibility index (Phi) is 68.6. The van der Waals surface area contributed by atoms with Crippen LogP contribution in [0.25, 0.3) is 0 Å². The van der Waals surface area contributed by atoms with Gasteiger partial charge in [-0.15, -0.1) is 0 Å². The molecule has 0 bridgehead atoms. The minimum Gasteiger partial charge on any atom is -0.462 e. The van der Waals surface area contributed by atoms with E-state index in [1.165, 1.54) is 270 Å². The van der Waals surface area contributed by atoms with Crippen LogP contribution in [0, 0.1) is 0 Å². The Labute approximate surface area is 511 Å². The van der Waals surface area contributed by atoms with Gasteiger partial charge in [0.05, 0.1) is 0 Å². The van der Waals surface area contributed by atoms with Gasteiger partial charge in [-0.25, -0.2) is 0 Å². The van der Waals surface area contributed by atoms with Crippen LogP contribution >= 0.6 is 0 Å². The third kappa shape index (κ3) is 68.2. The molecule has 0 radical (unpaired) electrons. The van der Waals surface area contributed by atoms with E-state index in [1.807, 2.05) is 0 Å². The molecule has 0 saturated carbocycles. The van der Waals surface area contributed by atoms with Gasteiger partial charge < -0.3 is 14.2 Å². The van der Waals surface area contributed by atoms with E-state index in [9.17, 15) is 14.4 Å². The number of hydrogen-bond acceptors (Lipinski definition) is 6. The first-order valence-corrected chi connectivity index (χ1v) is 36.6. The molecule has 0 rings (SSSR count). The van der Waals surface area contributed by atoms with Gasteiger partial charge in [-0.1, -0.05) is 352 Å². The molecule has 0 aliphatic heterocycles. The van der Waals surface area contributed by atoms with Crippen LogP contribution in [0.5, 0.6) is 0 Å². The molecule has 0 N–H and O–H groups in total. The first-order valence-electron chi connectivity index (χ1n) is 36.6. The van der Waals surface area contributed by atoms with Gasteiger partial charge in [0.15, 0.2) is 6.10 Å². The van der Waals surface area contributed by atoms with E-state index in [2.05, 4.69) is 69.4 Å². The Bertz CT molecular complexity index is 1410. The van der Waals surface area contributed by atoms with Gasteiger partial charge in [-0.05, 0) is 77.0 Å². The SMILES string of the molecule is CC/C=C\C/C=C\C/C=C\CCCCCCCCCC(=O)OC(COC(=O)CCCCCCC/C=C\CCCCCC)COC(=O)CCCCCCCCCCCCCCCCCCCCCCCCCCCCCCCCCCCC. The summed E-state index contributed by atoms with van der Waals surface area (Å²) in [6.07, 6.45) is 90.3. The summed E-state index contributed by atoms with van der Waals surface area (Å²) in [4.78, 5) is 38.4. The molecular weight excluding hydrogens is 1010 g/mol. The van der Waals surface area contributed by atoms with Crippen molar-refractivity contribution < 1.29 is 28.6 Å². The van der Waals surface area contributed by atoms with Crippen LogP contribution in [0.15, 0.2) is 48.6 Å². The number of carbonyl (C=O) groups excluding carboxylic acids is 3. The Morgan fingerprint density at radius 3 is 0.768 bits per heavy atom. The predicted octanol–water partition coefficient (Wildman–Crippen LogP) is 25.3. The number of allylic oxidation sites excluding steroid dienone is 8. The Morgan fingerprint density at radius 2 is 0.476 bits per heavy atom. The minimum atomic E-state index is -0.781. The number of rotatable bonds is 68. The van der Waals surface area contributed by atoms with Crippen molar-refractivity contribution in [1.29, 1.82) is 0 Å². The van der Waals surface area contributed by atoms with E-state index in [4.69, 9.17) is 14.2 Å². The molecule has 480 valence electrons. The van der Waals surface area contributed by atoms with Gasteiger partial charge in [-0.3, -0.25) is 14.4 Å². The molecular formula is C76H140O6.